The van der Waals surface area contributed by atoms with Gasteiger partial charge in [0.25, 0.3) is 0 Å². The zero-order valence-corrected chi connectivity index (χ0v) is 15.3. The highest BCUT2D eigenvalue weighted by molar-refractivity contribution is 8.13. The lowest BCUT2D eigenvalue weighted by atomic mass is 10.2. The van der Waals surface area contributed by atoms with Crippen molar-refractivity contribution >= 4 is 23.1 Å². The van der Waals surface area contributed by atoms with E-state index in [4.69, 9.17) is 10.5 Å². The van der Waals surface area contributed by atoms with Crippen LogP contribution in [0.1, 0.15) is 11.1 Å². The van der Waals surface area contributed by atoms with Gasteiger partial charge in [-0.3, -0.25) is 0 Å². The van der Waals surface area contributed by atoms with Gasteiger partial charge in [-0.15, -0.1) is 5.10 Å². The van der Waals surface area contributed by atoms with E-state index in [1.165, 1.54) is 29.5 Å². The molecule has 0 fully saturated rings. The van der Waals surface area contributed by atoms with Crippen LogP contribution in [-0.2, 0) is 5.75 Å². The lowest BCUT2D eigenvalue weighted by Crippen LogP contribution is -2.05. The zero-order valence-electron chi connectivity index (χ0n) is 14.5. The number of thioether (sulfide) groups is 1. The van der Waals surface area contributed by atoms with Gasteiger partial charge in [0.05, 0.1) is 6.21 Å². The lowest BCUT2D eigenvalue weighted by Gasteiger charge is -2.05. The second kappa shape index (κ2) is 9.54. The SMILES string of the molecule is NC(=NN=Cc1ccc(Oc2ccc(F)cc2)cc1)SCc1ccccc1. The molecule has 0 radical (unpaired) electrons. The third kappa shape index (κ3) is 6.27. The van der Waals surface area contributed by atoms with Gasteiger partial charge < -0.3 is 10.5 Å². The minimum atomic E-state index is -0.296. The molecule has 0 saturated heterocycles. The van der Waals surface area contributed by atoms with Gasteiger partial charge in [0.2, 0.25) is 0 Å². The molecule has 0 atom stereocenters. The van der Waals surface area contributed by atoms with Crippen LogP contribution < -0.4 is 10.5 Å². The van der Waals surface area contributed by atoms with Crippen molar-refractivity contribution in [3.63, 3.8) is 0 Å². The summed E-state index contributed by atoms with van der Waals surface area (Å²) in [6.45, 7) is 0. The molecule has 0 aliphatic rings. The molecule has 0 aliphatic carbocycles. The highest BCUT2D eigenvalue weighted by atomic mass is 32.2. The van der Waals surface area contributed by atoms with Crippen molar-refractivity contribution in [2.24, 2.45) is 15.9 Å². The summed E-state index contributed by atoms with van der Waals surface area (Å²) in [6.07, 6.45) is 1.62. The molecule has 3 aromatic rings. The molecular formula is C21H18FN3OS. The van der Waals surface area contributed by atoms with Gasteiger partial charge in [0.1, 0.15) is 17.3 Å². The first-order chi connectivity index (χ1) is 13.2. The van der Waals surface area contributed by atoms with Crippen LogP contribution in [0.5, 0.6) is 11.5 Å². The highest BCUT2D eigenvalue weighted by Crippen LogP contribution is 2.21. The Kier molecular flexibility index (Phi) is 6.60. The average Bonchev–Trinajstić information content (AvgIpc) is 2.70. The summed E-state index contributed by atoms with van der Waals surface area (Å²) in [5.41, 5.74) is 7.91. The summed E-state index contributed by atoms with van der Waals surface area (Å²) in [5.74, 6) is 1.68. The predicted molar refractivity (Wildman–Crippen MR) is 110 cm³/mol. The number of nitrogens with zero attached hydrogens (tertiary/aromatic N) is 2. The van der Waals surface area contributed by atoms with Crippen molar-refractivity contribution < 1.29 is 9.13 Å². The Morgan fingerprint density at radius 2 is 1.56 bits per heavy atom. The molecule has 0 aromatic heterocycles. The number of rotatable bonds is 6. The van der Waals surface area contributed by atoms with Crippen LogP contribution in [0.2, 0.25) is 0 Å². The van der Waals surface area contributed by atoms with E-state index in [2.05, 4.69) is 10.2 Å². The van der Waals surface area contributed by atoms with Gasteiger partial charge in [0, 0.05) is 5.75 Å². The summed E-state index contributed by atoms with van der Waals surface area (Å²) in [6, 6.07) is 23.2. The second-order valence-corrected chi connectivity index (χ2v) is 6.58. The molecule has 0 heterocycles. The Hall–Kier alpha value is -3.12. The molecule has 0 bridgehead atoms. The van der Waals surface area contributed by atoms with E-state index in [0.717, 1.165) is 11.3 Å². The van der Waals surface area contributed by atoms with Crippen molar-refractivity contribution in [2.75, 3.05) is 0 Å². The average molecular weight is 379 g/mol. The molecule has 3 rings (SSSR count). The van der Waals surface area contributed by atoms with E-state index in [-0.39, 0.29) is 5.82 Å². The Morgan fingerprint density at radius 3 is 2.22 bits per heavy atom. The number of nitrogens with two attached hydrogens (primary N) is 1. The lowest BCUT2D eigenvalue weighted by molar-refractivity contribution is 0.480. The van der Waals surface area contributed by atoms with E-state index >= 15 is 0 Å². The molecule has 6 heteroatoms. The second-order valence-electron chi connectivity index (χ2n) is 5.58. The minimum Gasteiger partial charge on any atom is -0.457 e. The Morgan fingerprint density at radius 1 is 0.926 bits per heavy atom. The topological polar surface area (TPSA) is 60.0 Å². The Bertz CT molecular complexity index is 910. The van der Waals surface area contributed by atoms with E-state index in [1.807, 2.05) is 54.6 Å². The maximum absolute atomic E-state index is 12.9. The first-order valence-electron chi connectivity index (χ1n) is 8.26. The fraction of sp³-hybridized carbons (Fsp3) is 0.0476. The monoisotopic (exact) mass is 379 g/mol. The fourth-order valence-corrected chi connectivity index (χ4v) is 2.79. The first-order valence-corrected chi connectivity index (χ1v) is 9.24. The summed E-state index contributed by atoms with van der Waals surface area (Å²) in [7, 11) is 0. The number of halogens is 1. The third-order valence-corrected chi connectivity index (χ3v) is 4.38. The van der Waals surface area contributed by atoms with E-state index in [9.17, 15) is 4.39 Å². The third-order valence-electron chi connectivity index (χ3n) is 3.52. The summed E-state index contributed by atoms with van der Waals surface area (Å²) >= 11 is 1.44. The quantitative estimate of drug-likeness (QED) is 0.364. The largest absolute Gasteiger partial charge is 0.457 e. The number of ether oxygens (including phenoxy) is 1. The van der Waals surface area contributed by atoms with E-state index < -0.39 is 0 Å². The number of hydrogen-bond acceptors (Lipinski definition) is 4. The van der Waals surface area contributed by atoms with Crippen molar-refractivity contribution in [1.29, 1.82) is 0 Å². The van der Waals surface area contributed by atoms with Crippen LogP contribution in [0.4, 0.5) is 4.39 Å². The highest BCUT2D eigenvalue weighted by Gasteiger charge is 1.98. The Balaban J connectivity index is 1.51. The van der Waals surface area contributed by atoms with Crippen molar-refractivity contribution in [3.05, 3.63) is 95.8 Å². The molecule has 0 unspecified atom stereocenters. The predicted octanol–water partition coefficient (Wildman–Crippen LogP) is 5.20. The normalized spacial score (nSPS) is 11.7. The molecule has 3 aromatic carbocycles. The van der Waals surface area contributed by atoms with Crippen LogP contribution in [-0.4, -0.2) is 11.4 Å². The van der Waals surface area contributed by atoms with Gasteiger partial charge in [-0.25, -0.2) is 4.39 Å². The number of benzene rings is 3. The van der Waals surface area contributed by atoms with Crippen molar-refractivity contribution in [2.45, 2.75) is 5.75 Å². The molecule has 0 aliphatic heterocycles. The molecule has 0 amide bonds. The van der Waals surface area contributed by atoms with Crippen LogP contribution in [0.25, 0.3) is 0 Å². The smallest absolute Gasteiger partial charge is 0.180 e. The van der Waals surface area contributed by atoms with Gasteiger partial charge in [0.15, 0.2) is 5.17 Å². The zero-order chi connectivity index (χ0) is 18.9. The molecule has 27 heavy (non-hydrogen) atoms. The van der Waals surface area contributed by atoms with Gasteiger partial charge in [-0.05, 0) is 59.7 Å². The Labute approximate surface area is 161 Å². The van der Waals surface area contributed by atoms with Crippen LogP contribution in [0.15, 0.2) is 89.1 Å². The molecule has 0 spiro atoms. The minimum absolute atomic E-state index is 0.296. The van der Waals surface area contributed by atoms with Crippen LogP contribution >= 0.6 is 11.8 Å². The number of hydrogen-bond donors (Lipinski definition) is 1. The standard InChI is InChI=1S/C21H18FN3OS/c22-18-8-12-20(13-9-18)26-19-10-6-16(7-11-19)14-24-25-21(23)27-15-17-4-2-1-3-5-17/h1-14H,15H2,(H2,23,25). The summed E-state index contributed by atoms with van der Waals surface area (Å²) in [5, 5.41) is 8.41. The molecule has 0 saturated carbocycles. The summed E-state index contributed by atoms with van der Waals surface area (Å²) < 4.78 is 18.5. The maximum atomic E-state index is 12.9. The molecular weight excluding hydrogens is 361 g/mol. The van der Waals surface area contributed by atoms with Gasteiger partial charge >= 0.3 is 0 Å². The molecule has 136 valence electrons. The van der Waals surface area contributed by atoms with Gasteiger partial charge in [-0.2, -0.15) is 5.10 Å². The molecule has 4 nitrogen and oxygen atoms in total. The van der Waals surface area contributed by atoms with Gasteiger partial charge in [-0.1, -0.05) is 42.1 Å². The van der Waals surface area contributed by atoms with Crippen molar-refractivity contribution in [3.8, 4) is 11.5 Å². The van der Waals surface area contributed by atoms with E-state index in [1.54, 1.807) is 18.3 Å². The van der Waals surface area contributed by atoms with Crippen molar-refractivity contribution in [1.82, 2.24) is 0 Å². The summed E-state index contributed by atoms with van der Waals surface area (Å²) in [4.78, 5) is 0. The fourth-order valence-electron chi connectivity index (χ4n) is 2.17. The molecule has 2 N–H and O–H groups in total. The first kappa shape index (κ1) is 18.7. The maximum Gasteiger partial charge on any atom is 0.180 e. The van der Waals surface area contributed by atoms with Crippen LogP contribution in [0, 0.1) is 5.82 Å². The van der Waals surface area contributed by atoms with Crippen LogP contribution in [0.3, 0.4) is 0 Å². The van der Waals surface area contributed by atoms with E-state index in [0.29, 0.717) is 16.7 Å². The number of amidine groups is 1.